The fourth-order valence-electron chi connectivity index (χ4n) is 1.74. The number of anilines is 1. The highest BCUT2D eigenvalue weighted by Crippen LogP contribution is 2.44. The molecule has 1 aromatic carbocycles. The van der Waals surface area contributed by atoms with E-state index in [1.807, 2.05) is 31.3 Å². The lowest BCUT2D eigenvalue weighted by atomic mass is 10.1. The topological polar surface area (TPSA) is 41.1 Å². The molecule has 1 amide bonds. The molecule has 2 rings (SSSR count). The van der Waals surface area contributed by atoms with Crippen molar-refractivity contribution >= 4 is 11.6 Å². The van der Waals surface area contributed by atoms with E-state index >= 15 is 0 Å². The lowest BCUT2D eigenvalue weighted by Crippen LogP contribution is -2.28. The average molecular weight is 218 g/mol. The van der Waals surface area contributed by atoms with Crippen LogP contribution in [0.5, 0.6) is 0 Å². The average Bonchev–Trinajstić information content (AvgIpc) is 2.86. The van der Waals surface area contributed by atoms with Crippen LogP contribution in [0.15, 0.2) is 24.3 Å². The Morgan fingerprint density at radius 3 is 2.31 bits per heavy atom. The molecule has 3 nitrogen and oxygen atoms in total. The van der Waals surface area contributed by atoms with Gasteiger partial charge in [-0.1, -0.05) is 13.8 Å². The first-order valence-electron chi connectivity index (χ1n) is 5.61. The van der Waals surface area contributed by atoms with Crippen molar-refractivity contribution in [3.8, 4) is 0 Å². The standard InChI is InChI=1S/C13H18N2O/c1-13(2)8-11(13)15-12(16)9-4-6-10(14-3)7-5-9/h4-7,11,14H,8H2,1-3H3,(H,15,16). The summed E-state index contributed by atoms with van der Waals surface area (Å²) in [7, 11) is 1.86. The van der Waals surface area contributed by atoms with Gasteiger partial charge in [-0.15, -0.1) is 0 Å². The largest absolute Gasteiger partial charge is 0.388 e. The van der Waals surface area contributed by atoms with Gasteiger partial charge in [0.1, 0.15) is 0 Å². The smallest absolute Gasteiger partial charge is 0.251 e. The van der Waals surface area contributed by atoms with Crippen molar-refractivity contribution in [3.05, 3.63) is 29.8 Å². The molecule has 1 atom stereocenters. The normalized spacial score (nSPS) is 21.3. The molecule has 16 heavy (non-hydrogen) atoms. The zero-order valence-electron chi connectivity index (χ0n) is 10.0. The van der Waals surface area contributed by atoms with E-state index in [1.54, 1.807) is 0 Å². The lowest BCUT2D eigenvalue weighted by Gasteiger charge is -2.07. The number of nitrogens with one attached hydrogen (secondary N) is 2. The molecule has 0 radical (unpaired) electrons. The predicted molar refractivity (Wildman–Crippen MR) is 65.6 cm³/mol. The first-order chi connectivity index (χ1) is 7.53. The second kappa shape index (κ2) is 3.81. The number of hydrogen-bond acceptors (Lipinski definition) is 2. The van der Waals surface area contributed by atoms with Gasteiger partial charge >= 0.3 is 0 Å². The summed E-state index contributed by atoms with van der Waals surface area (Å²) in [6.07, 6.45) is 1.08. The van der Waals surface area contributed by atoms with E-state index in [0.717, 1.165) is 17.7 Å². The minimum atomic E-state index is 0.0261. The van der Waals surface area contributed by atoms with Gasteiger partial charge in [-0.2, -0.15) is 0 Å². The van der Waals surface area contributed by atoms with Crippen molar-refractivity contribution in [2.24, 2.45) is 5.41 Å². The summed E-state index contributed by atoms with van der Waals surface area (Å²) in [6.45, 7) is 4.34. The number of carbonyl (C=O) groups is 1. The number of carbonyl (C=O) groups excluding carboxylic acids is 1. The van der Waals surface area contributed by atoms with Crippen LogP contribution in [0, 0.1) is 5.41 Å². The minimum absolute atomic E-state index is 0.0261. The molecular formula is C13H18N2O. The van der Waals surface area contributed by atoms with Gasteiger partial charge in [0.05, 0.1) is 0 Å². The summed E-state index contributed by atoms with van der Waals surface area (Å²) in [5, 5.41) is 6.07. The maximum Gasteiger partial charge on any atom is 0.251 e. The van der Waals surface area contributed by atoms with E-state index in [9.17, 15) is 4.79 Å². The van der Waals surface area contributed by atoms with Gasteiger partial charge in [0, 0.05) is 24.3 Å². The SMILES string of the molecule is CNc1ccc(C(=O)NC2CC2(C)C)cc1. The summed E-state index contributed by atoms with van der Waals surface area (Å²) < 4.78 is 0. The Labute approximate surface area is 96.2 Å². The van der Waals surface area contributed by atoms with E-state index in [1.165, 1.54) is 0 Å². The first kappa shape index (κ1) is 11.0. The van der Waals surface area contributed by atoms with Crippen LogP contribution in [0.2, 0.25) is 0 Å². The molecule has 1 fully saturated rings. The van der Waals surface area contributed by atoms with E-state index < -0.39 is 0 Å². The molecule has 1 saturated carbocycles. The number of rotatable bonds is 3. The third-order valence-electron chi connectivity index (χ3n) is 3.25. The summed E-state index contributed by atoms with van der Waals surface area (Å²) in [4.78, 5) is 11.9. The molecule has 0 spiro atoms. The van der Waals surface area contributed by atoms with Gasteiger partial charge in [-0.25, -0.2) is 0 Å². The van der Waals surface area contributed by atoms with Gasteiger partial charge in [0.15, 0.2) is 0 Å². The van der Waals surface area contributed by atoms with Gasteiger partial charge in [-0.05, 0) is 36.1 Å². The molecule has 1 aliphatic rings. The van der Waals surface area contributed by atoms with Crippen molar-refractivity contribution in [3.63, 3.8) is 0 Å². The molecule has 0 heterocycles. The van der Waals surface area contributed by atoms with E-state index in [2.05, 4.69) is 24.5 Å². The fourth-order valence-corrected chi connectivity index (χ4v) is 1.74. The second-order valence-electron chi connectivity index (χ2n) is 5.05. The molecule has 1 aliphatic carbocycles. The lowest BCUT2D eigenvalue weighted by molar-refractivity contribution is 0.0946. The highest BCUT2D eigenvalue weighted by Gasteiger charge is 2.46. The van der Waals surface area contributed by atoms with Crippen molar-refractivity contribution in [2.45, 2.75) is 26.3 Å². The quantitative estimate of drug-likeness (QED) is 0.817. The predicted octanol–water partition coefficient (Wildman–Crippen LogP) is 2.26. The van der Waals surface area contributed by atoms with Crippen molar-refractivity contribution < 1.29 is 4.79 Å². The van der Waals surface area contributed by atoms with Crippen LogP contribution in [-0.2, 0) is 0 Å². The van der Waals surface area contributed by atoms with E-state index in [0.29, 0.717) is 6.04 Å². The second-order valence-corrected chi connectivity index (χ2v) is 5.05. The van der Waals surface area contributed by atoms with Crippen molar-refractivity contribution in [1.82, 2.24) is 5.32 Å². The summed E-state index contributed by atoms with van der Waals surface area (Å²) >= 11 is 0. The van der Waals surface area contributed by atoms with Crippen molar-refractivity contribution in [1.29, 1.82) is 0 Å². The number of benzene rings is 1. The van der Waals surface area contributed by atoms with E-state index in [4.69, 9.17) is 0 Å². The van der Waals surface area contributed by atoms with Crippen molar-refractivity contribution in [2.75, 3.05) is 12.4 Å². The van der Waals surface area contributed by atoms with Gasteiger partial charge in [0.25, 0.3) is 5.91 Å². The minimum Gasteiger partial charge on any atom is -0.388 e. The molecule has 1 aromatic rings. The molecule has 0 saturated heterocycles. The van der Waals surface area contributed by atoms with Crippen LogP contribution in [-0.4, -0.2) is 19.0 Å². The molecule has 86 valence electrons. The third kappa shape index (κ3) is 2.18. The maximum absolute atomic E-state index is 11.9. The molecule has 0 aliphatic heterocycles. The molecule has 0 bridgehead atoms. The number of hydrogen-bond donors (Lipinski definition) is 2. The number of amides is 1. The summed E-state index contributed by atoms with van der Waals surface area (Å²) in [5.41, 5.74) is 2.02. The van der Waals surface area contributed by atoms with Gasteiger partial charge in [-0.3, -0.25) is 4.79 Å². The Morgan fingerprint density at radius 2 is 1.88 bits per heavy atom. The Kier molecular flexibility index (Phi) is 2.62. The molecule has 1 unspecified atom stereocenters. The van der Waals surface area contributed by atoms with Gasteiger partial charge < -0.3 is 10.6 Å². The van der Waals surface area contributed by atoms with Crippen LogP contribution in [0.3, 0.4) is 0 Å². The Hall–Kier alpha value is -1.51. The maximum atomic E-state index is 11.9. The van der Waals surface area contributed by atoms with Crippen LogP contribution in [0.1, 0.15) is 30.6 Å². The molecule has 3 heteroatoms. The fraction of sp³-hybridized carbons (Fsp3) is 0.462. The molecule has 2 N–H and O–H groups in total. The molecular weight excluding hydrogens is 200 g/mol. The monoisotopic (exact) mass is 218 g/mol. The van der Waals surface area contributed by atoms with Crippen LogP contribution in [0.4, 0.5) is 5.69 Å². The van der Waals surface area contributed by atoms with Crippen LogP contribution < -0.4 is 10.6 Å². The Bertz CT molecular complexity index is 395. The highest BCUT2D eigenvalue weighted by molar-refractivity contribution is 5.95. The highest BCUT2D eigenvalue weighted by atomic mass is 16.1. The van der Waals surface area contributed by atoms with Gasteiger partial charge in [0.2, 0.25) is 0 Å². The zero-order valence-corrected chi connectivity index (χ0v) is 10.0. The third-order valence-corrected chi connectivity index (χ3v) is 3.25. The zero-order chi connectivity index (χ0) is 11.8. The van der Waals surface area contributed by atoms with Crippen LogP contribution >= 0.6 is 0 Å². The summed E-state index contributed by atoms with van der Waals surface area (Å²) in [6, 6.07) is 7.84. The Balaban J connectivity index is 1.99. The van der Waals surface area contributed by atoms with E-state index in [-0.39, 0.29) is 11.3 Å². The Morgan fingerprint density at radius 1 is 1.31 bits per heavy atom. The molecule has 0 aromatic heterocycles. The van der Waals surface area contributed by atoms with Crippen LogP contribution in [0.25, 0.3) is 0 Å². The first-order valence-corrected chi connectivity index (χ1v) is 5.61. The summed E-state index contributed by atoms with van der Waals surface area (Å²) in [5.74, 6) is 0.0261.